The Morgan fingerprint density at radius 3 is 2.43 bits per heavy atom. The van der Waals surface area contributed by atoms with Crippen molar-refractivity contribution in [3.63, 3.8) is 0 Å². The highest BCUT2D eigenvalue weighted by atomic mass is 16.5. The largest absolute Gasteiger partial charge is 0.497 e. The van der Waals surface area contributed by atoms with Gasteiger partial charge in [0.1, 0.15) is 11.5 Å². The molecule has 6 nitrogen and oxygen atoms in total. The first kappa shape index (κ1) is 20.3. The Morgan fingerprint density at radius 2 is 1.77 bits per heavy atom. The zero-order valence-electron chi connectivity index (χ0n) is 18.1. The first-order valence-electron chi connectivity index (χ1n) is 10.3. The summed E-state index contributed by atoms with van der Waals surface area (Å²) in [5, 5.41) is 0.932. The molecular formula is C24H29N3O3. The van der Waals surface area contributed by atoms with Crippen molar-refractivity contribution in [2.45, 2.75) is 19.9 Å². The van der Waals surface area contributed by atoms with Gasteiger partial charge in [-0.15, -0.1) is 0 Å². The summed E-state index contributed by atoms with van der Waals surface area (Å²) < 4.78 is 10.6. The topological polar surface area (TPSA) is 57.8 Å². The molecule has 1 fully saturated rings. The van der Waals surface area contributed by atoms with E-state index >= 15 is 0 Å². The highest BCUT2D eigenvalue weighted by Gasteiger charge is 2.27. The molecule has 158 valence electrons. The van der Waals surface area contributed by atoms with Gasteiger partial charge in [0.25, 0.3) is 0 Å². The van der Waals surface area contributed by atoms with Crippen LogP contribution in [0.25, 0.3) is 10.9 Å². The molecular weight excluding hydrogens is 378 g/mol. The van der Waals surface area contributed by atoms with E-state index in [1.165, 1.54) is 5.69 Å². The molecule has 0 spiro atoms. The number of carbonyl (C=O) groups excluding carboxylic acids is 1. The van der Waals surface area contributed by atoms with E-state index in [1.54, 1.807) is 14.2 Å². The standard InChI is InChI=1S/C24H29N3O3/c1-16-14-26(11-12-27(16)18-5-7-19(29-3)8-6-18)15-23(28)24-17(2)25-22-10-9-20(30-4)13-21(22)24/h5-10,13,16,25H,11-12,14-15H2,1-4H3/t16-/m0/s1. The van der Waals surface area contributed by atoms with E-state index in [2.05, 4.69) is 33.8 Å². The molecule has 0 saturated carbocycles. The number of carbonyl (C=O) groups is 1. The van der Waals surface area contributed by atoms with Crippen LogP contribution < -0.4 is 14.4 Å². The highest BCUT2D eigenvalue weighted by Crippen LogP contribution is 2.28. The van der Waals surface area contributed by atoms with Crippen LogP contribution in [0.1, 0.15) is 23.0 Å². The van der Waals surface area contributed by atoms with E-state index in [0.717, 1.165) is 53.3 Å². The molecule has 0 aliphatic carbocycles. The highest BCUT2D eigenvalue weighted by molar-refractivity contribution is 6.10. The molecule has 1 aliphatic heterocycles. The lowest BCUT2D eigenvalue weighted by atomic mass is 10.0. The van der Waals surface area contributed by atoms with Crippen LogP contribution in [0.15, 0.2) is 42.5 Å². The number of ether oxygens (including phenoxy) is 2. The number of aromatic amines is 1. The molecule has 6 heteroatoms. The fraction of sp³-hybridized carbons (Fsp3) is 0.375. The zero-order valence-corrected chi connectivity index (χ0v) is 18.1. The Bertz CT molecular complexity index is 1040. The number of hydrogen-bond donors (Lipinski definition) is 1. The van der Waals surface area contributed by atoms with Gasteiger partial charge in [-0.2, -0.15) is 0 Å². The van der Waals surface area contributed by atoms with E-state index < -0.39 is 0 Å². The van der Waals surface area contributed by atoms with Crippen LogP contribution in [-0.4, -0.2) is 62.1 Å². The second kappa shape index (κ2) is 8.40. The van der Waals surface area contributed by atoms with Crippen molar-refractivity contribution in [3.8, 4) is 11.5 Å². The summed E-state index contributed by atoms with van der Waals surface area (Å²) in [5.41, 5.74) is 3.84. The predicted octanol–water partition coefficient (Wildman–Crippen LogP) is 3.89. The number of piperazine rings is 1. The Kier molecular flexibility index (Phi) is 5.68. The van der Waals surface area contributed by atoms with E-state index in [9.17, 15) is 4.79 Å². The SMILES string of the molecule is COc1ccc(N2CCN(CC(=O)c3c(C)[nH]c4ccc(OC)cc34)C[C@@H]2C)cc1. The molecule has 1 atom stereocenters. The smallest absolute Gasteiger partial charge is 0.179 e. The summed E-state index contributed by atoms with van der Waals surface area (Å²) in [4.78, 5) is 21.2. The van der Waals surface area contributed by atoms with Gasteiger partial charge in [-0.05, 0) is 56.3 Å². The molecule has 30 heavy (non-hydrogen) atoms. The Morgan fingerprint density at radius 1 is 1.07 bits per heavy atom. The molecule has 4 rings (SSSR count). The van der Waals surface area contributed by atoms with Crippen LogP contribution in [0.4, 0.5) is 5.69 Å². The minimum absolute atomic E-state index is 0.150. The quantitative estimate of drug-likeness (QED) is 0.629. The van der Waals surface area contributed by atoms with Crippen LogP contribution in [0.3, 0.4) is 0 Å². The normalized spacial score (nSPS) is 17.3. The average molecular weight is 408 g/mol. The minimum Gasteiger partial charge on any atom is -0.497 e. The van der Waals surface area contributed by atoms with Crippen molar-refractivity contribution in [1.82, 2.24) is 9.88 Å². The number of rotatable bonds is 6. The Hall–Kier alpha value is -2.99. The van der Waals surface area contributed by atoms with Crippen molar-refractivity contribution in [3.05, 3.63) is 53.7 Å². The van der Waals surface area contributed by atoms with Gasteiger partial charge in [-0.1, -0.05) is 0 Å². The number of Topliss-reactive ketones (excluding diaryl/α,β-unsaturated/α-hetero) is 1. The molecule has 0 radical (unpaired) electrons. The van der Waals surface area contributed by atoms with Crippen LogP contribution in [-0.2, 0) is 0 Å². The maximum atomic E-state index is 13.2. The molecule has 0 unspecified atom stereocenters. The Balaban J connectivity index is 1.46. The molecule has 0 bridgehead atoms. The third-order valence-corrected chi connectivity index (χ3v) is 5.95. The van der Waals surface area contributed by atoms with Crippen LogP contribution in [0.5, 0.6) is 11.5 Å². The zero-order chi connectivity index (χ0) is 21.3. The maximum Gasteiger partial charge on any atom is 0.179 e. The summed E-state index contributed by atoms with van der Waals surface area (Å²) in [5.74, 6) is 1.77. The van der Waals surface area contributed by atoms with Crippen molar-refractivity contribution >= 4 is 22.4 Å². The lowest BCUT2D eigenvalue weighted by Gasteiger charge is -2.41. The number of nitrogens with one attached hydrogen (secondary N) is 1. The van der Waals surface area contributed by atoms with Gasteiger partial charge >= 0.3 is 0 Å². The number of anilines is 1. The van der Waals surface area contributed by atoms with Gasteiger partial charge in [-0.3, -0.25) is 9.69 Å². The van der Waals surface area contributed by atoms with E-state index in [0.29, 0.717) is 12.6 Å². The number of ketones is 1. The predicted molar refractivity (Wildman–Crippen MR) is 120 cm³/mol. The summed E-state index contributed by atoms with van der Waals surface area (Å²) >= 11 is 0. The van der Waals surface area contributed by atoms with Crippen molar-refractivity contribution in [2.75, 3.05) is 45.3 Å². The van der Waals surface area contributed by atoms with Gasteiger partial charge in [0.05, 0.1) is 20.8 Å². The number of H-pyrrole nitrogens is 1. The number of hydrogen-bond acceptors (Lipinski definition) is 5. The minimum atomic E-state index is 0.150. The fourth-order valence-electron chi connectivity index (χ4n) is 4.41. The second-order valence-electron chi connectivity index (χ2n) is 7.94. The van der Waals surface area contributed by atoms with Crippen molar-refractivity contribution in [2.24, 2.45) is 0 Å². The molecule has 2 aromatic carbocycles. The van der Waals surface area contributed by atoms with E-state index in [1.807, 2.05) is 37.3 Å². The Labute approximate surface area is 177 Å². The third kappa shape index (κ3) is 3.87. The van der Waals surface area contributed by atoms with Gasteiger partial charge in [0.15, 0.2) is 5.78 Å². The monoisotopic (exact) mass is 407 g/mol. The fourth-order valence-corrected chi connectivity index (χ4v) is 4.41. The summed E-state index contributed by atoms with van der Waals surface area (Å²) in [6, 6.07) is 14.3. The summed E-state index contributed by atoms with van der Waals surface area (Å²) in [6.07, 6.45) is 0. The number of aryl methyl sites for hydroxylation is 1. The molecule has 2 heterocycles. The maximum absolute atomic E-state index is 13.2. The number of fused-ring (bicyclic) bond motifs is 1. The van der Waals surface area contributed by atoms with Gasteiger partial charge < -0.3 is 19.4 Å². The first-order chi connectivity index (χ1) is 14.5. The van der Waals surface area contributed by atoms with Crippen molar-refractivity contribution < 1.29 is 14.3 Å². The second-order valence-corrected chi connectivity index (χ2v) is 7.94. The molecule has 0 amide bonds. The third-order valence-electron chi connectivity index (χ3n) is 5.95. The lowest BCUT2D eigenvalue weighted by molar-refractivity contribution is 0.0918. The van der Waals surface area contributed by atoms with Crippen LogP contribution >= 0.6 is 0 Å². The van der Waals surface area contributed by atoms with Crippen molar-refractivity contribution in [1.29, 1.82) is 0 Å². The number of benzene rings is 2. The van der Waals surface area contributed by atoms with Gasteiger partial charge in [0.2, 0.25) is 0 Å². The molecule has 1 aromatic heterocycles. The van der Waals surface area contributed by atoms with Gasteiger partial charge in [0, 0.05) is 53.5 Å². The van der Waals surface area contributed by atoms with Crippen LogP contribution in [0.2, 0.25) is 0 Å². The lowest BCUT2D eigenvalue weighted by Crippen LogP contribution is -2.53. The van der Waals surface area contributed by atoms with Gasteiger partial charge in [-0.25, -0.2) is 0 Å². The summed E-state index contributed by atoms with van der Waals surface area (Å²) in [6.45, 7) is 7.19. The molecule has 1 saturated heterocycles. The summed E-state index contributed by atoms with van der Waals surface area (Å²) in [7, 11) is 3.32. The van der Waals surface area contributed by atoms with Crippen LogP contribution in [0, 0.1) is 6.92 Å². The number of methoxy groups -OCH3 is 2. The van der Waals surface area contributed by atoms with E-state index in [-0.39, 0.29) is 5.78 Å². The average Bonchev–Trinajstić information content (AvgIpc) is 3.08. The molecule has 1 N–H and O–H groups in total. The number of aromatic nitrogens is 1. The molecule has 3 aromatic rings. The molecule has 1 aliphatic rings. The number of nitrogens with zero attached hydrogens (tertiary/aromatic N) is 2. The first-order valence-corrected chi connectivity index (χ1v) is 10.3. The van der Waals surface area contributed by atoms with E-state index in [4.69, 9.17) is 9.47 Å².